The lowest BCUT2D eigenvalue weighted by atomic mass is 10.3. The van der Waals surface area contributed by atoms with Gasteiger partial charge >= 0.3 is 0 Å². The van der Waals surface area contributed by atoms with Crippen LogP contribution >= 0.6 is 0 Å². The molecular formula is C6H3N2O4. The van der Waals surface area contributed by atoms with Gasteiger partial charge in [0.2, 0.25) is 0 Å². The number of nitrogens with zero attached hydrogens (tertiary/aromatic N) is 2. The topological polar surface area (TPSA) is 86.3 Å². The van der Waals surface area contributed by atoms with E-state index in [1.54, 1.807) is 0 Å². The molecule has 0 N–H and O–H groups in total. The standard InChI is InChI=1S/C6H3N2O4/c9-7(10)5-1-2-6(4-3-5)8(11)12/h1-3H. The molecule has 0 aliphatic rings. The maximum Gasteiger partial charge on any atom is 0.277 e. The maximum absolute atomic E-state index is 10.1. The number of rotatable bonds is 2. The van der Waals surface area contributed by atoms with Gasteiger partial charge in [0.25, 0.3) is 11.4 Å². The second kappa shape index (κ2) is 2.95. The molecule has 0 bridgehead atoms. The van der Waals surface area contributed by atoms with Crippen LogP contribution in [0, 0.1) is 26.3 Å². The molecule has 0 saturated heterocycles. The minimum Gasteiger partial charge on any atom is -0.258 e. The third kappa shape index (κ3) is 1.54. The van der Waals surface area contributed by atoms with Gasteiger partial charge in [0.15, 0.2) is 0 Å². The molecule has 0 aromatic heterocycles. The minimum atomic E-state index is -0.663. The number of nitro groups is 2. The summed E-state index contributed by atoms with van der Waals surface area (Å²) in [5.41, 5.74) is -0.485. The average Bonchev–Trinajstić information content (AvgIpc) is 2.04. The number of hydrogen-bond acceptors (Lipinski definition) is 4. The van der Waals surface area contributed by atoms with E-state index in [0.717, 1.165) is 18.2 Å². The van der Waals surface area contributed by atoms with Crippen molar-refractivity contribution in [2.45, 2.75) is 0 Å². The zero-order chi connectivity index (χ0) is 9.14. The molecule has 0 saturated carbocycles. The second-order valence-corrected chi connectivity index (χ2v) is 1.95. The third-order valence-electron chi connectivity index (χ3n) is 1.19. The fourth-order valence-corrected chi connectivity index (χ4v) is 0.636. The first-order chi connectivity index (χ1) is 5.61. The van der Waals surface area contributed by atoms with E-state index in [0.29, 0.717) is 0 Å². The largest absolute Gasteiger partial charge is 0.277 e. The van der Waals surface area contributed by atoms with E-state index < -0.39 is 9.85 Å². The van der Waals surface area contributed by atoms with Crippen molar-refractivity contribution in [1.82, 2.24) is 0 Å². The van der Waals surface area contributed by atoms with Crippen LogP contribution in [0.3, 0.4) is 0 Å². The Kier molecular flexibility index (Phi) is 2.00. The van der Waals surface area contributed by atoms with Crippen LogP contribution < -0.4 is 0 Å². The van der Waals surface area contributed by atoms with Gasteiger partial charge in [0, 0.05) is 18.2 Å². The highest BCUT2D eigenvalue weighted by molar-refractivity contribution is 5.38. The van der Waals surface area contributed by atoms with Crippen molar-refractivity contribution >= 4 is 11.4 Å². The molecule has 0 fully saturated rings. The molecule has 0 heterocycles. The number of hydrogen-bond donors (Lipinski definition) is 0. The van der Waals surface area contributed by atoms with E-state index in [4.69, 9.17) is 0 Å². The van der Waals surface area contributed by atoms with Crippen LogP contribution in [-0.4, -0.2) is 9.85 Å². The van der Waals surface area contributed by atoms with E-state index in [1.807, 2.05) is 0 Å². The van der Waals surface area contributed by atoms with Crippen LogP contribution in [0.5, 0.6) is 0 Å². The maximum atomic E-state index is 10.1. The number of nitro benzene ring substituents is 2. The molecule has 0 aliphatic carbocycles. The molecule has 6 heteroatoms. The molecule has 1 aromatic carbocycles. The second-order valence-electron chi connectivity index (χ2n) is 1.95. The molecule has 0 amide bonds. The molecule has 12 heavy (non-hydrogen) atoms. The molecule has 0 atom stereocenters. The van der Waals surface area contributed by atoms with Gasteiger partial charge in [0.1, 0.15) is 0 Å². The summed E-state index contributed by atoms with van der Waals surface area (Å²) < 4.78 is 0. The summed E-state index contributed by atoms with van der Waals surface area (Å²) in [6, 6.07) is 5.25. The first kappa shape index (κ1) is 8.12. The summed E-state index contributed by atoms with van der Waals surface area (Å²) >= 11 is 0. The summed E-state index contributed by atoms with van der Waals surface area (Å²) in [6.07, 6.45) is 0. The van der Waals surface area contributed by atoms with Gasteiger partial charge in [-0.3, -0.25) is 20.2 Å². The van der Waals surface area contributed by atoms with Gasteiger partial charge in [-0.2, -0.15) is 0 Å². The number of benzene rings is 1. The summed E-state index contributed by atoms with van der Waals surface area (Å²) in [7, 11) is 0. The van der Waals surface area contributed by atoms with Crippen molar-refractivity contribution in [1.29, 1.82) is 0 Å². The molecule has 0 spiro atoms. The Bertz CT molecular complexity index is 286. The highest BCUT2D eigenvalue weighted by atomic mass is 16.6. The summed E-state index contributed by atoms with van der Waals surface area (Å²) in [6.45, 7) is 0. The van der Waals surface area contributed by atoms with Gasteiger partial charge in [-0.05, 0) is 0 Å². The zero-order valence-corrected chi connectivity index (χ0v) is 5.76. The lowest BCUT2D eigenvalue weighted by molar-refractivity contribution is -0.389. The summed E-state index contributed by atoms with van der Waals surface area (Å²) in [5.74, 6) is 0. The predicted octanol–water partition coefficient (Wildman–Crippen LogP) is 1.30. The first-order valence-corrected chi connectivity index (χ1v) is 2.92. The summed E-state index contributed by atoms with van der Waals surface area (Å²) in [5, 5.41) is 20.2. The molecule has 1 radical (unpaired) electrons. The SMILES string of the molecule is O=[N+]([O-])c1[c]cc([N+](=O)[O-])cc1. The molecule has 61 valence electrons. The van der Waals surface area contributed by atoms with E-state index >= 15 is 0 Å². The lowest BCUT2D eigenvalue weighted by Gasteiger charge is -1.89. The third-order valence-corrected chi connectivity index (χ3v) is 1.19. The van der Waals surface area contributed by atoms with Crippen LogP contribution in [0.25, 0.3) is 0 Å². The normalized spacial score (nSPS) is 9.33. The Hall–Kier alpha value is -1.98. The van der Waals surface area contributed by atoms with Gasteiger partial charge in [-0.15, -0.1) is 0 Å². The van der Waals surface area contributed by atoms with Gasteiger partial charge < -0.3 is 0 Å². The lowest BCUT2D eigenvalue weighted by Crippen LogP contribution is -1.90. The van der Waals surface area contributed by atoms with Gasteiger partial charge in [-0.25, -0.2) is 0 Å². The Morgan fingerprint density at radius 3 is 2.17 bits per heavy atom. The Labute approximate surface area is 66.7 Å². The van der Waals surface area contributed by atoms with Crippen molar-refractivity contribution in [3.05, 3.63) is 44.5 Å². The fraction of sp³-hybridized carbons (Fsp3) is 0. The van der Waals surface area contributed by atoms with Crippen molar-refractivity contribution < 1.29 is 9.85 Å². The van der Waals surface area contributed by atoms with Crippen molar-refractivity contribution in [3.8, 4) is 0 Å². The van der Waals surface area contributed by atoms with Crippen LogP contribution in [0.2, 0.25) is 0 Å². The van der Waals surface area contributed by atoms with Crippen LogP contribution in [0.15, 0.2) is 18.2 Å². The Morgan fingerprint density at radius 2 is 1.83 bits per heavy atom. The van der Waals surface area contributed by atoms with Crippen LogP contribution in [0.1, 0.15) is 0 Å². The minimum absolute atomic E-state index is 0.208. The highest BCUT2D eigenvalue weighted by Gasteiger charge is 2.09. The zero-order valence-electron chi connectivity index (χ0n) is 5.76. The predicted molar refractivity (Wildman–Crippen MR) is 38.6 cm³/mol. The number of non-ortho nitro benzene ring substituents is 2. The van der Waals surface area contributed by atoms with Crippen molar-refractivity contribution in [2.24, 2.45) is 0 Å². The Balaban J connectivity index is 3.01. The smallest absolute Gasteiger partial charge is 0.258 e. The van der Waals surface area contributed by atoms with Crippen LogP contribution in [0.4, 0.5) is 11.4 Å². The molecule has 1 aromatic rings. The van der Waals surface area contributed by atoms with Crippen molar-refractivity contribution in [3.63, 3.8) is 0 Å². The monoisotopic (exact) mass is 167 g/mol. The Morgan fingerprint density at radius 1 is 1.17 bits per heavy atom. The highest BCUT2D eigenvalue weighted by Crippen LogP contribution is 2.15. The van der Waals surface area contributed by atoms with E-state index in [-0.39, 0.29) is 11.4 Å². The molecule has 1 rings (SSSR count). The molecular weight excluding hydrogens is 164 g/mol. The van der Waals surface area contributed by atoms with Gasteiger partial charge in [0.05, 0.1) is 15.9 Å². The van der Waals surface area contributed by atoms with E-state index in [1.165, 1.54) is 0 Å². The van der Waals surface area contributed by atoms with Gasteiger partial charge in [-0.1, -0.05) is 0 Å². The average molecular weight is 167 g/mol. The van der Waals surface area contributed by atoms with E-state index in [2.05, 4.69) is 6.07 Å². The summed E-state index contributed by atoms with van der Waals surface area (Å²) in [4.78, 5) is 18.9. The quantitative estimate of drug-likeness (QED) is 0.490. The molecule has 0 unspecified atom stereocenters. The molecule has 6 nitrogen and oxygen atoms in total. The van der Waals surface area contributed by atoms with Crippen LogP contribution in [-0.2, 0) is 0 Å². The first-order valence-electron chi connectivity index (χ1n) is 2.92. The fourth-order valence-electron chi connectivity index (χ4n) is 0.636. The van der Waals surface area contributed by atoms with Crippen molar-refractivity contribution in [2.75, 3.05) is 0 Å². The molecule has 0 aliphatic heterocycles. The van der Waals surface area contributed by atoms with E-state index in [9.17, 15) is 20.2 Å².